The lowest BCUT2D eigenvalue weighted by molar-refractivity contribution is -0.117. The van der Waals surface area contributed by atoms with E-state index in [0.29, 0.717) is 5.82 Å². The fourth-order valence-corrected chi connectivity index (χ4v) is 3.30. The van der Waals surface area contributed by atoms with Crippen LogP contribution in [-0.2, 0) is 4.79 Å². The number of aromatic amines is 1. The molecule has 0 fully saturated rings. The topological polar surface area (TPSA) is 57.8 Å². The van der Waals surface area contributed by atoms with Crippen molar-refractivity contribution in [1.29, 1.82) is 0 Å². The van der Waals surface area contributed by atoms with E-state index in [1.165, 1.54) is 4.90 Å². The third-order valence-corrected chi connectivity index (χ3v) is 4.16. The zero-order valence-electron chi connectivity index (χ0n) is 9.93. The molecule has 18 heavy (non-hydrogen) atoms. The smallest absolute Gasteiger partial charge is 0.234 e. The maximum Gasteiger partial charge on any atom is 0.234 e. The summed E-state index contributed by atoms with van der Waals surface area (Å²) in [5, 5.41) is 9.68. The van der Waals surface area contributed by atoms with Crippen LogP contribution in [0.4, 0.5) is 5.82 Å². The number of thioether (sulfide) groups is 1. The number of carbonyl (C=O) groups excluding carboxylic acids is 1. The van der Waals surface area contributed by atoms with Gasteiger partial charge in [0.1, 0.15) is 0 Å². The van der Waals surface area contributed by atoms with Crippen LogP contribution in [0.1, 0.15) is 17.2 Å². The normalized spacial score (nSPS) is 17.5. The van der Waals surface area contributed by atoms with Gasteiger partial charge in [0.05, 0.1) is 5.92 Å². The summed E-state index contributed by atoms with van der Waals surface area (Å²) in [7, 11) is 0. The van der Waals surface area contributed by atoms with E-state index in [-0.39, 0.29) is 11.8 Å². The fraction of sp³-hybridized carbons (Fsp3) is 0.231. The number of benzene rings is 1. The summed E-state index contributed by atoms with van der Waals surface area (Å²) in [6.45, 7) is 1.91. The van der Waals surface area contributed by atoms with Gasteiger partial charge in [-0.05, 0) is 18.6 Å². The molecule has 0 bridgehead atoms. The highest BCUT2D eigenvalue weighted by Gasteiger charge is 2.29. The van der Waals surface area contributed by atoms with Crippen LogP contribution >= 0.6 is 11.8 Å². The number of carbonyl (C=O) groups is 1. The van der Waals surface area contributed by atoms with Gasteiger partial charge in [-0.1, -0.05) is 18.2 Å². The average molecular weight is 259 g/mol. The SMILES string of the molecule is Cc1cc(NC(=O)C2CSc3ccccc32)n[nH]1. The Morgan fingerprint density at radius 2 is 2.33 bits per heavy atom. The molecule has 0 saturated heterocycles. The second kappa shape index (κ2) is 4.49. The summed E-state index contributed by atoms with van der Waals surface area (Å²) in [4.78, 5) is 13.4. The van der Waals surface area contributed by atoms with E-state index in [9.17, 15) is 4.79 Å². The van der Waals surface area contributed by atoms with Crippen molar-refractivity contribution >= 4 is 23.5 Å². The number of hydrogen-bond acceptors (Lipinski definition) is 3. The Balaban J connectivity index is 1.78. The third-order valence-electron chi connectivity index (χ3n) is 2.97. The molecule has 1 atom stereocenters. The Morgan fingerprint density at radius 3 is 3.11 bits per heavy atom. The summed E-state index contributed by atoms with van der Waals surface area (Å²) < 4.78 is 0. The zero-order valence-corrected chi connectivity index (χ0v) is 10.8. The molecular formula is C13H13N3OS. The van der Waals surface area contributed by atoms with Gasteiger partial charge in [0.2, 0.25) is 5.91 Å². The van der Waals surface area contributed by atoms with Crippen LogP contribution in [0.25, 0.3) is 0 Å². The Hall–Kier alpha value is -1.75. The summed E-state index contributed by atoms with van der Waals surface area (Å²) >= 11 is 1.73. The molecule has 1 aromatic carbocycles. The van der Waals surface area contributed by atoms with E-state index in [2.05, 4.69) is 21.6 Å². The van der Waals surface area contributed by atoms with Gasteiger partial charge in [0.15, 0.2) is 5.82 Å². The molecule has 1 amide bonds. The molecule has 1 unspecified atom stereocenters. The predicted octanol–water partition coefficient (Wildman–Crippen LogP) is 2.55. The van der Waals surface area contributed by atoms with Crippen LogP contribution in [0.15, 0.2) is 35.2 Å². The third kappa shape index (κ3) is 2.01. The first-order valence-corrected chi connectivity index (χ1v) is 6.77. The van der Waals surface area contributed by atoms with Crippen LogP contribution in [0.2, 0.25) is 0 Å². The average Bonchev–Trinajstić information content (AvgIpc) is 2.95. The number of amides is 1. The lowest BCUT2D eigenvalue weighted by Crippen LogP contribution is -2.21. The van der Waals surface area contributed by atoms with E-state index >= 15 is 0 Å². The molecule has 0 spiro atoms. The number of hydrogen-bond donors (Lipinski definition) is 2. The second-order valence-corrected chi connectivity index (χ2v) is 5.39. The van der Waals surface area contributed by atoms with E-state index in [1.54, 1.807) is 11.8 Å². The highest BCUT2D eigenvalue weighted by molar-refractivity contribution is 7.99. The van der Waals surface area contributed by atoms with Crippen molar-refractivity contribution in [3.63, 3.8) is 0 Å². The molecule has 92 valence electrons. The van der Waals surface area contributed by atoms with Crippen LogP contribution in [0.3, 0.4) is 0 Å². The van der Waals surface area contributed by atoms with Gasteiger partial charge in [0.25, 0.3) is 0 Å². The van der Waals surface area contributed by atoms with Gasteiger partial charge in [-0.3, -0.25) is 9.89 Å². The van der Waals surface area contributed by atoms with Crippen LogP contribution in [0.5, 0.6) is 0 Å². The minimum absolute atomic E-state index is 0.0129. The molecular weight excluding hydrogens is 246 g/mol. The van der Waals surface area contributed by atoms with E-state index < -0.39 is 0 Å². The maximum atomic E-state index is 12.2. The summed E-state index contributed by atoms with van der Waals surface area (Å²) in [5.74, 6) is 1.32. The van der Waals surface area contributed by atoms with E-state index in [0.717, 1.165) is 17.0 Å². The number of fused-ring (bicyclic) bond motifs is 1. The minimum atomic E-state index is -0.0804. The van der Waals surface area contributed by atoms with Crippen molar-refractivity contribution in [3.05, 3.63) is 41.6 Å². The highest BCUT2D eigenvalue weighted by Crippen LogP contribution is 2.39. The number of anilines is 1. The summed E-state index contributed by atoms with van der Waals surface area (Å²) in [6.07, 6.45) is 0. The van der Waals surface area contributed by atoms with Crippen molar-refractivity contribution in [2.24, 2.45) is 0 Å². The van der Waals surface area contributed by atoms with Crippen molar-refractivity contribution in [2.75, 3.05) is 11.1 Å². The van der Waals surface area contributed by atoms with Crippen molar-refractivity contribution < 1.29 is 4.79 Å². The van der Waals surface area contributed by atoms with Crippen molar-refractivity contribution in [1.82, 2.24) is 10.2 Å². The second-order valence-electron chi connectivity index (χ2n) is 4.33. The molecule has 0 aliphatic carbocycles. The summed E-state index contributed by atoms with van der Waals surface area (Å²) in [5.41, 5.74) is 2.05. The Bertz CT molecular complexity index is 593. The number of nitrogens with one attached hydrogen (secondary N) is 2. The number of rotatable bonds is 2. The van der Waals surface area contributed by atoms with Gasteiger partial charge < -0.3 is 5.32 Å². The minimum Gasteiger partial charge on any atom is -0.309 e. The molecule has 3 rings (SSSR count). The molecule has 4 nitrogen and oxygen atoms in total. The van der Waals surface area contributed by atoms with Crippen molar-refractivity contribution in [2.45, 2.75) is 17.7 Å². The van der Waals surface area contributed by atoms with Crippen LogP contribution < -0.4 is 5.32 Å². The van der Waals surface area contributed by atoms with Gasteiger partial charge in [-0.25, -0.2) is 0 Å². The molecule has 2 heterocycles. The standard InChI is InChI=1S/C13H13N3OS/c1-8-6-12(16-15-8)14-13(17)10-7-18-11-5-3-2-4-9(10)11/h2-6,10H,7H2,1H3,(H2,14,15,16,17). The summed E-state index contributed by atoms with van der Waals surface area (Å²) in [6, 6.07) is 9.89. The van der Waals surface area contributed by atoms with E-state index in [4.69, 9.17) is 0 Å². The predicted molar refractivity (Wildman–Crippen MR) is 71.9 cm³/mol. The maximum absolute atomic E-state index is 12.2. The lowest BCUT2D eigenvalue weighted by Gasteiger charge is -2.09. The molecule has 1 aromatic heterocycles. The number of nitrogens with zero attached hydrogens (tertiary/aromatic N) is 1. The molecule has 1 aliphatic heterocycles. The molecule has 2 aromatic rings. The van der Waals surface area contributed by atoms with Gasteiger partial charge in [-0.2, -0.15) is 5.10 Å². The van der Waals surface area contributed by atoms with Crippen LogP contribution in [-0.4, -0.2) is 21.9 Å². The van der Waals surface area contributed by atoms with Gasteiger partial charge in [0, 0.05) is 22.4 Å². The Kier molecular flexibility index (Phi) is 2.83. The largest absolute Gasteiger partial charge is 0.309 e. The lowest BCUT2D eigenvalue weighted by atomic mass is 10.0. The number of H-pyrrole nitrogens is 1. The van der Waals surface area contributed by atoms with Gasteiger partial charge >= 0.3 is 0 Å². The molecule has 0 radical (unpaired) electrons. The Labute approximate surface area is 109 Å². The Morgan fingerprint density at radius 1 is 1.50 bits per heavy atom. The highest BCUT2D eigenvalue weighted by atomic mass is 32.2. The van der Waals surface area contributed by atoms with Gasteiger partial charge in [-0.15, -0.1) is 11.8 Å². The molecule has 5 heteroatoms. The first kappa shape index (κ1) is 11.3. The van der Waals surface area contributed by atoms with E-state index in [1.807, 2.05) is 31.2 Å². The number of aryl methyl sites for hydroxylation is 1. The van der Waals surface area contributed by atoms with Crippen molar-refractivity contribution in [3.8, 4) is 0 Å². The first-order chi connectivity index (χ1) is 8.74. The fourth-order valence-electron chi connectivity index (χ4n) is 2.08. The number of aromatic nitrogens is 2. The monoisotopic (exact) mass is 259 g/mol. The quantitative estimate of drug-likeness (QED) is 0.871. The molecule has 0 saturated carbocycles. The van der Waals surface area contributed by atoms with Crippen LogP contribution in [0, 0.1) is 6.92 Å². The zero-order chi connectivity index (χ0) is 12.5. The molecule has 1 aliphatic rings. The molecule has 2 N–H and O–H groups in total. The first-order valence-electron chi connectivity index (χ1n) is 5.78.